The van der Waals surface area contributed by atoms with Gasteiger partial charge in [0.2, 0.25) is 0 Å². The largest absolute Gasteiger partial charge is 0.337 e. The van der Waals surface area contributed by atoms with Gasteiger partial charge < -0.3 is 5.73 Å². The van der Waals surface area contributed by atoms with Crippen LogP contribution in [-0.4, -0.2) is 13.0 Å². The van der Waals surface area contributed by atoms with Gasteiger partial charge in [0.15, 0.2) is 5.69 Å². The second-order valence-electron chi connectivity index (χ2n) is 4.30. The van der Waals surface area contributed by atoms with Crippen molar-refractivity contribution in [2.75, 3.05) is 7.05 Å². The fraction of sp³-hybridized carbons (Fsp3) is 0.0714. The molecule has 3 heteroatoms. The molecular weight excluding hydrogens is 210 g/mol. The molecule has 84 valence electrons. The molecule has 0 amide bonds. The van der Waals surface area contributed by atoms with Gasteiger partial charge in [0.1, 0.15) is 11.4 Å². The topological polar surface area (TPSA) is 38.4 Å². The summed E-state index contributed by atoms with van der Waals surface area (Å²) in [6, 6.07) is 18.3. The zero-order valence-corrected chi connectivity index (χ0v) is 9.67. The van der Waals surface area contributed by atoms with Crippen molar-refractivity contribution >= 4 is 23.0 Å². The minimum absolute atomic E-state index is 0.455. The van der Waals surface area contributed by atoms with Crippen molar-refractivity contribution in [3.63, 3.8) is 0 Å². The lowest BCUT2D eigenvalue weighted by molar-refractivity contribution is 0.677. The van der Waals surface area contributed by atoms with Gasteiger partial charge in [-0.1, -0.05) is 30.3 Å². The third-order valence-corrected chi connectivity index (χ3v) is 3.33. The maximum absolute atomic E-state index is 6.12. The number of rotatable bonds is 1. The van der Waals surface area contributed by atoms with Crippen LogP contribution in [0.1, 0.15) is 0 Å². The maximum atomic E-state index is 6.12. The summed E-state index contributed by atoms with van der Waals surface area (Å²) in [6.07, 6.45) is 0. The third kappa shape index (κ3) is 1.29. The molecule has 0 spiro atoms. The van der Waals surface area contributed by atoms with E-state index in [1.807, 2.05) is 36.4 Å². The Morgan fingerprint density at radius 3 is 2.35 bits per heavy atom. The molecule has 1 aliphatic heterocycles. The molecule has 3 nitrogen and oxygen atoms in total. The van der Waals surface area contributed by atoms with E-state index in [0.29, 0.717) is 10.4 Å². The summed E-state index contributed by atoms with van der Waals surface area (Å²) in [5, 5.41) is 0. The molecule has 0 aromatic heterocycles. The van der Waals surface area contributed by atoms with Crippen molar-refractivity contribution in [2.45, 2.75) is 0 Å². The van der Waals surface area contributed by atoms with Gasteiger partial charge in [-0.3, -0.25) is 0 Å². The fourth-order valence-electron chi connectivity index (χ4n) is 2.28. The highest BCUT2D eigenvalue weighted by atomic mass is 15.5. The van der Waals surface area contributed by atoms with E-state index < -0.39 is 0 Å². The summed E-state index contributed by atoms with van der Waals surface area (Å²) in [4.78, 5) is 4.45. The Morgan fingerprint density at radius 1 is 0.941 bits per heavy atom. The molecule has 0 bridgehead atoms. The van der Waals surface area contributed by atoms with Crippen LogP contribution in [0.3, 0.4) is 0 Å². The van der Waals surface area contributed by atoms with Gasteiger partial charge in [-0.25, -0.2) is 0 Å². The monoisotopic (exact) mass is 224 g/mol. The first-order chi connectivity index (χ1) is 8.23. The van der Waals surface area contributed by atoms with Crippen molar-refractivity contribution < 1.29 is 0 Å². The van der Waals surface area contributed by atoms with Crippen LogP contribution >= 0.6 is 0 Å². The smallest absolute Gasteiger partial charge is 0.310 e. The van der Waals surface area contributed by atoms with Crippen LogP contribution in [0.2, 0.25) is 0 Å². The van der Waals surface area contributed by atoms with Gasteiger partial charge in [-0.2, -0.15) is 9.48 Å². The summed E-state index contributed by atoms with van der Waals surface area (Å²) < 4.78 is 0.455. The molecular formula is C14H14N3+. The second-order valence-corrected chi connectivity index (χ2v) is 4.30. The Balaban J connectivity index is 2.25. The summed E-state index contributed by atoms with van der Waals surface area (Å²) in [5.74, 6) is 0.609. The number of aliphatic imine (C=N–C) groups is 1. The lowest BCUT2D eigenvalue weighted by Gasteiger charge is -2.27. The first kappa shape index (κ1) is 10.1. The van der Waals surface area contributed by atoms with Gasteiger partial charge in [0, 0.05) is 18.2 Å². The van der Waals surface area contributed by atoms with Crippen molar-refractivity contribution in [1.82, 2.24) is 4.48 Å². The Labute approximate surface area is 100 Å². The molecule has 1 atom stereocenters. The van der Waals surface area contributed by atoms with Crippen LogP contribution in [0.5, 0.6) is 0 Å². The predicted octanol–water partition coefficient (Wildman–Crippen LogP) is 2.92. The van der Waals surface area contributed by atoms with E-state index in [4.69, 9.17) is 5.73 Å². The zero-order valence-electron chi connectivity index (χ0n) is 9.67. The van der Waals surface area contributed by atoms with Gasteiger partial charge >= 0.3 is 5.96 Å². The lowest BCUT2D eigenvalue weighted by atomic mass is 10.2. The maximum Gasteiger partial charge on any atom is 0.310 e. The second kappa shape index (κ2) is 3.43. The predicted molar refractivity (Wildman–Crippen MR) is 71.5 cm³/mol. The van der Waals surface area contributed by atoms with Crippen LogP contribution in [0, 0.1) is 0 Å². The average Bonchev–Trinajstić information content (AvgIpc) is 2.64. The van der Waals surface area contributed by atoms with Crippen LogP contribution in [0.4, 0.5) is 17.1 Å². The highest BCUT2D eigenvalue weighted by Crippen LogP contribution is 2.43. The number of nitrogens with zero attached hydrogens (tertiary/aromatic N) is 2. The lowest BCUT2D eigenvalue weighted by Crippen LogP contribution is -2.48. The minimum Gasteiger partial charge on any atom is -0.337 e. The summed E-state index contributed by atoms with van der Waals surface area (Å²) in [7, 11) is 2.07. The van der Waals surface area contributed by atoms with E-state index in [1.165, 1.54) is 0 Å². The molecule has 0 fully saturated rings. The van der Waals surface area contributed by atoms with E-state index >= 15 is 0 Å². The standard InChI is InChI=1S/C14H14N3/c1-17(11-7-3-2-4-8-11)13-10-6-5-9-12(13)16-14(17)15/h2-10H,1H3,(H2,15,16)/q+1. The molecule has 0 radical (unpaired) electrons. The van der Waals surface area contributed by atoms with Gasteiger partial charge in [0.05, 0.1) is 7.05 Å². The number of fused-ring (bicyclic) bond motifs is 1. The number of nitrogens with two attached hydrogens (primary N) is 1. The molecule has 1 unspecified atom stereocenters. The van der Waals surface area contributed by atoms with Crippen molar-refractivity contribution in [2.24, 2.45) is 10.7 Å². The molecule has 1 aliphatic rings. The molecule has 2 N–H and O–H groups in total. The Kier molecular flexibility index (Phi) is 2.03. The van der Waals surface area contributed by atoms with Crippen molar-refractivity contribution in [3.8, 4) is 0 Å². The molecule has 0 saturated carbocycles. The normalized spacial score (nSPS) is 22.1. The fourth-order valence-corrected chi connectivity index (χ4v) is 2.28. The summed E-state index contributed by atoms with van der Waals surface area (Å²) in [6.45, 7) is 0. The van der Waals surface area contributed by atoms with Gasteiger partial charge in [-0.15, -0.1) is 0 Å². The molecule has 0 saturated heterocycles. The molecule has 2 aromatic rings. The SMILES string of the molecule is C[N+]1(c2ccccc2)C(N)=Nc2ccccc21. The first-order valence-electron chi connectivity index (χ1n) is 5.59. The van der Waals surface area contributed by atoms with Crippen molar-refractivity contribution in [3.05, 3.63) is 54.6 Å². The Bertz CT molecular complexity index is 589. The van der Waals surface area contributed by atoms with Crippen LogP contribution in [0.25, 0.3) is 0 Å². The minimum atomic E-state index is 0.455. The molecule has 17 heavy (non-hydrogen) atoms. The van der Waals surface area contributed by atoms with Gasteiger partial charge in [-0.05, 0) is 6.07 Å². The van der Waals surface area contributed by atoms with Crippen molar-refractivity contribution in [1.29, 1.82) is 0 Å². The van der Waals surface area contributed by atoms with Crippen LogP contribution in [-0.2, 0) is 0 Å². The molecule has 0 aliphatic carbocycles. The number of benzene rings is 2. The summed E-state index contributed by atoms with van der Waals surface area (Å²) in [5.41, 5.74) is 9.32. The average molecular weight is 224 g/mol. The quantitative estimate of drug-likeness (QED) is 0.743. The zero-order chi connectivity index (χ0) is 11.9. The van der Waals surface area contributed by atoms with Gasteiger partial charge in [0.25, 0.3) is 0 Å². The van der Waals surface area contributed by atoms with E-state index in [-0.39, 0.29) is 0 Å². The van der Waals surface area contributed by atoms with E-state index in [1.54, 1.807) is 0 Å². The first-order valence-corrected chi connectivity index (χ1v) is 5.59. The highest BCUT2D eigenvalue weighted by Gasteiger charge is 2.40. The Morgan fingerprint density at radius 2 is 1.59 bits per heavy atom. The molecule has 1 heterocycles. The number of hydrogen-bond donors (Lipinski definition) is 1. The Hall–Kier alpha value is -2.13. The highest BCUT2D eigenvalue weighted by molar-refractivity contribution is 6.04. The van der Waals surface area contributed by atoms with E-state index in [0.717, 1.165) is 17.1 Å². The van der Waals surface area contributed by atoms with Crippen LogP contribution < -0.4 is 10.2 Å². The van der Waals surface area contributed by atoms with Crippen LogP contribution in [0.15, 0.2) is 59.6 Å². The third-order valence-electron chi connectivity index (χ3n) is 3.33. The van der Waals surface area contributed by atoms with E-state index in [9.17, 15) is 0 Å². The number of para-hydroxylation sites is 3. The summed E-state index contributed by atoms with van der Waals surface area (Å²) >= 11 is 0. The number of quaternary nitrogens is 1. The molecule has 2 aromatic carbocycles. The van der Waals surface area contributed by atoms with E-state index in [2.05, 4.69) is 30.2 Å². The number of hydrogen-bond acceptors (Lipinski definition) is 2. The number of guanidine groups is 1. The molecule has 3 rings (SSSR count).